The molecule has 0 aromatic heterocycles. The zero-order valence-electron chi connectivity index (χ0n) is 12.1. The van der Waals surface area contributed by atoms with Gasteiger partial charge in [-0.2, -0.15) is 0 Å². The Labute approximate surface area is 133 Å². The van der Waals surface area contributed by atoms with Crippen molar-refractivity contribution in [1.82, 2.24) is 5.32 Å². The van der Waals surface area contributed by atoms with Crippen molar-refractivity contribution >= 4 is 21.8 Å². The molecule has 114 valence electrons. The summed E-state index contributed by atoms with van der Waals surface area (Å²) in [5.41, 5.74) is 7.79. The quantitative estimate of drug-likeness (QED) is 0.878. The molecule has 0 unspecified atom stereocenters. The number of ether oxygens (including phenoxy) is 1. The molecule has 1 amide bonds. The van der Waals surface area contributed by atoms with Gasteiger partial charge in [0.1, 0.15) is 5.75 Å². The fourth-order valence-electron chi connectivity index (χ4n) is 3.24. The van der Waals surface area contributed by atoms with E-state index < -0.39 is 5.54 Å². The summed E-state index contributed by atoms with van der Waals surface area (Å²) >= 11 is 3.52. The summed E-state index contributed by atoms with van der Waals surface area (Å²) in [5.74, 6) is 0.891. The van der Waals surface area contributed by atoms with E-state index in [1.165, 1.54) is 12.0 Å². The van der Waals surface area contributed by atoms with Gasteiger partial charge in [-0.1, -0.05) is 35.2 Å². The van der Waals surface area contributed by atoms with Gasteiger partial charge in [0, 0.05) is 23.0 Å². The summed E-state index contributed by atoms with van der Waals surface area (Å²) in [5, 5.41) is 3.00. The molecule has 21 heavy (non-hydrogen) atoms. The molecule has 0 bridgehead atoms. The van der Waals surface area contributed by atoms with Crippen molar-refractivity contribution in [3.8, 4) is 5.75 Å². The maximum absolute atomic E-state index is 12.4. The highest BCUT2D eigenvalue weighted by Crippen LogP contribution is 2.33. The standard InChI is InChI=1S/C16H21BrN2O2/c17-13-8-11-4-7-21-14(11)12(9-13)10-19-15(20)16(18)5-2-1-3-6-16/h8-9H,1-7,10,18H2,(H,19,20). The van der Waals surface area contributed by atoms with Crippen molar-refractivity contribution < 1.29 is 9.53 Å². The van der Waals surface area contributed by atoms with Crippen LogP contribution in [0.5, 0.6) is 5.75 Å². The minimum Gasteiger partial charge on any atom is -0.493 e. The SMILES string of the molecule is NC1(C(=O)NCc2cc(Br)cc3c2OCC3)CCCCC1. The largest absolute Gasteiger partial charge is 0.493 e. The second kappa shape index (κ2) is 5.97. The summed E-state index contributed by atoms with van der Waals surface area (Å²) in [6.45, 7) is 1.19. The molecule has 4 nitrogen and oxygen atoms in total. The number of halogens is 1. The van der Waals surface area contributed by atoms with Crippen molar-refractivity contribution in [3.63, 3.8) is 0 Å². The number of hydrogen-bond donors (Lipinski definition) is 2. The van der Waals surface area contributed by atoms with Gasteiger partial charge in [-0.05, 0) is 30.5 Å². The first-order chi connectivity index (χ1) is 10.1. The Morgan fingerprint density at radius 1 is 1.33 bits per heavy atom. The fourth-order valence-corrected chi connectivity index (χ4v) is 3.79. The van der Waals surface area contributed by atoms with Crippen LogP contribution in [-0.2, 0) is 17.8 Å². The molecule has 1 aromatic rings. The highest BCUT2D eigenvalue weighted by molar-refractivity contribution is 9.10. The summed E-state index contributed by atoms with van der Waals surface area (Å²) in [7, 11) is 0. The Morgan fingerprint density at radius 2 is 2.10 bits per heavy atom. The number of nitrogens with one attached hydrogen (secondary N) is 1. The molecule has 0 radical (unpaired) electrons. The summed E-state index contributed by atoms with van der Waals surface area (Å²) < 4.78 is 6.71. The van der Waals surface area contributed by atoms with Crippen LogP contribution in [0, 0.1) is 0 Å². The molecule has 0 spiro atoms. The molecule has 1 aliphatic carbocycles. The summed E-state index contributed by atoms with van der Waals surface area (Å²) in [6.07, 6.45) is 5.76. The van der Waals surface area contributed by atoms with Crippen LogP contribution < -0.4 is 15.8 Å². The monoisotopic (exact) mass is 352 g/mol. The third-order valence-corrected chi connectivity index (χ3v) is 4.92. The van der Waals surface area contributed by atoms with Gasteiger partial charge < -0.3 is 15.8 Å². The Balaban J connectivity index is 1.69. The van der Waals surface area contributed by atoms with Gasteiger partial charge in [0.25, 0.3) is 0 Å². The van der Waals surface area contributed by atoms with Gasteiger partial charge in [0.2, 0.25) is 5.91 Å². The molecule has 1 fully saturated rings. The van der Waals surface area contributed by atoms with E-state index in [0.29, 0.717) is 13.2 Å². The highest BCUT2D eigenvalue weighted by atomic mass is 79.9. The zero-order valence-corrected chi connectivity index (χ0v) is 13.7. The Hall–Kier alpha value is -1.07. The number of carbonyl (C=O) groups is 1. The number of benzene rings is 1. The van der Waals surface area contributed by atoms with E-state index in [9.17, 15) is 4.79 Å². The van der Waals surface area contributed by atoms with E-state index in [4.69, 9.17) is 10.5 Å². The molecule has 0 atom stereocenters. The van der Waals surface area contributed by atoms with Crippen LogP contribution in [0.25, 0.3) is 0 Å². The highest BCUT2D eigenvalue weighted by Gasteiger charge is 2.35. The van der Waals surface area contributed by atoms with E-state index in [1.54, 1.807) is 0 Å². The number of amides is 1. The number of fused-ring (bicyclic) bond motifs is 1. The van der Waals surface area contributed by atoms with E-state index in [1.807, 2.05) is 6.07 Å². The normalized spacial score (nSPS) is 19.7. The van der Waals surface area contributed by atoms with Crippen molar-refractivity contribution in [2.24, 2.45) is 5.73 Å². The summed E-state index contributed by atoms with van der Waals surface area (Å²) in [6, 6.07) is 4.09. The lowest BCUT2D eigenvalue weighted by molar-refractivity contribution is -0.127. The predicted molar refractivity (Wildman–Crippen MR) is 85.2 cm³/mol. The zero-order chi connectivity index (χ0) is 14.9. The van der Waals surface area contributed by atoms with Crippen LogP contribution in [0.2, 0.25) is 0 Å². The van der Waals surface area contributed by atoms with Gasteiger partial charge in [-0.15, -0.1) is 0 Å². The molecule has 1 heterocycles. The van der Waals surface area contributed by atoms with E-state index in [2.05, 4.69) is 27.3 Å². The maximum Gasteiger partial charge on any atom is 0.240 e. The minimum absolute atomic E-state index is 0.0334. The van der Waals surface area contributed by atoms with Gasteiger partial charge in [-0.3, -0.25) is 4.79 Å². The average molecular weight is 353 g/mol. The molecular weight excluding hydrogens is 332 g/mol. The third kappa shape index (κ3) is 3.09. The molecule has 0 saturated heterocycles. The molecule has 5 heteroatoms. The van der Waals surface area contributed by atoms with Gasteiger partial charge in [0.05, 0.1) is 12.1 Å². The molecule has 1 aromatic carbocycles. The Morgan fingerprint density at radius 3 is 2.86 bits per heavy atom. The Kier molecular flexibility index (Phi) is 4.22. The maximum atomic E-state index is 12.4. The van der Waals surface area contributed by atoms with Crippen molar-refractivity contribution in [2.75, 3.05) is 6.61 Å². The van der Waals surface area contributed by atoms with Crippen LogP contribution in [0.3, 0.4) is 0 Å². The second-order valence-electron chi connectivity index (χ2n) is 6.05. The molecular formula is C16H21BrN2O2. The number of carbonyl (C=O) groups excluding carboxylic acids is 1. The lowest BCUT2D eigenvalue weighted by Gasteiger charge is -2.31. The van der Waals surface area contributed by atoms with Crippen LogP contribution in [0.4, 0.5) is 0 Å². The first kappa shape index (κ1) is 14.9. The molecule has 3 N–H and O–H groups in total. The number of nitrogens with two attached hydrogens (primary N) is 1. The van der Waals surface area contributed by atoms with Crippen molar-refractivity contribution in [2.45, 2.75) is 50.6 Å². The smallest absolute Gasteiger partial charge is 0.240 e. The van der Waals surface area contributed by atoms with Gasteiger partial charge in [-0.25, -0.2) is 0 Å². The molecule has 2 aliphatic rings. The Bertz CT molecular complexity index is 553. The van der Waals surface area contributed by atoms with Gasteiger partial charge >= 0.3 is 0 Å². The van der Waals surface area contributed by atoms with E-state index in [-0.39, 0.29) is 5.91 Å². The first-order valence-electron chi connectivity index (χ1n) is 7.60. The number of rotatable bonds is 3. The van der Waals surface area contributed by atoms with E-state index >= 15 is 0 Å². The van der Waals surface area contributed by atoms with Crippen molar-refractivity contribution in [3.05, 3.63) is 27.7 Å². The van der Waals surface area contributed by atoms with E-state index in [0.717, 1.165) is 47.9 Å². The first-order valence-corrected chi connectivity index (χ1v) is 8.39. The lowest BCUT2D eigenvalue weighted by Crippen LogP contribution is -2.54. The third-order valence-electron chi connectivity index (χ3n) is 4.46. The fraction of sp³-hybridized carbons (Fsp3) is 0.562. The molecule has 3 rings (SSSR count). The van der Waals surface area contributed by atoms with Crippen molar-refractivity contribution in [1.29, 1.82) is 0 Å². The molecule has 1 aliphatic heterocycles. The second-order valence-corrected chi connectivity index (χ2v) is 6.97. The average Bonchev–Trinajstić information content (AvgIpc) is 2.93. The van der Waals surface area contributed by atoms with Gasteiger partial charge in [0.15, 0.2) is 0 Å². The minimum atomic E-state index is -0.686. The topological polar surface area (TPSA) is 64.4 Å². The summed E-state index contributed by atoms with van der Waals surface area (Å²) in [4.78, 5) is 12.4. The van der Waals surface area contributed by atoms with Crippen LogP contribution in [0.15, 0.2) is 16.6 Å². The van der Waals surface area contributed by atoms with Crippen LogP contribution >= 0.6 is 15.9 Å². The lowest BCUT2D eigenvalue weighted by atomic mass is 9.82. The number of hydrogen-bond acceptors (Lipinski definition) is 3. The van der Waals surface area contributed by atoms with Crippen LogP contribution in [-0.4, -0.2) is 18.1 Å². The molecule has 1 saturated carbocycles. The predicted octanol–water partition coefficient (Wildman–Crippen LogP) is 2.66. The van der Waals surface area contributed by atoms with Crippen LogP contribution in [0.1, 0.15) is 43.2 Å².